The minimum absolute atomic E-state index is 0.103. The fourth-order valence-electron chi connectivity index (χ4n) is 4.44. The lowest BCUT2D eigenvalue weighted by Crippen LogP contribution is -2.50. The van der Waals surface area contributed by atoms with Crippen molar-refractivity contribution < 1.29 is 14.3 Å². The van der Waals surface area contributed by atoms with Crippen molar-refractivity contribution in [3.8, 4) is 0 Å². The smallest absolute Gasteiger partial charge is 0.220 e. The van der Waals surface area contributed by atoms with Crippen LogP contribution in [0.3, 0.4) is 0 Å². The van der Waals surface area contributed by atoms with Crippen molar-refractivity contribution in [3.63, 3.8) is 0 Å². The van der Waals surface area contributed by atoms with Crippen LogP contribution in [0.1, 0.15) is 36.2 Å². The molecule has 0 unspecified atom stereocenters. The Labute approximate surface area is 174 Å². The van der Waals surface area contributed by atoms with E-state index in [1.807, 2.05) is 17.7 Å². The fraction of sp³-hybridized carbons (Fsp3) is 0.727. The van der Waals surface area contributed by atoms with Gasteiger partial charge in [0.2, 0.25) is 5.91 Å². The number of hydrogen-bond acceptors (Lipinski definition) is 5. The van der Waals surface area contributed by atoms with Crippen molar-refractivity contribution in [1.29, 1.82) is 0 Å². The van der Waals surface area contributed by atoms with Crippen LogP contribution >= 0.6 is 0 Å². The molecule has 2 saturated heterocycles. The SMILES string of the molecule is C=CCn1nc(C)c(CCC(=O)NCC2(CN3CCOCC3)CCOCC2)c1C. The Kier molecular flexibility index (Phi) is 7.86. The summed E-state index contributed by atoms with van der Waals surface area (Å²) in [5.74, 6) is 0.119. The standard InChI is InChI=1S/C22H36N4O3/c1-4-9-26-19(3)20(18(2)24-26)5-6-21(27)23-16-22(7-12-28-13-8-22)17-25-10-14-29-15-11-25/h4H,1,5-17H2,2-3H3,(H,23,27). The van der Waals surface area contributed by atoms with Gasteiger partial charge < -0.3 is 14.8 Å². The van der Waals surface area contributed by atoms with E-state index in [-0.39, 0.29) is 11.3 Å². The Bertz CT molecular complexity index is 688. The number of nitrogens with zero attached hydrogens (tertiary/aromatic N) is 3. The van der Waals surface area contributed by atoms with Gasteiger partial charge >= 0.3 is 0 Å². The minimum Gasteiger partial charge on any atom is -0.381 e. The summed E-state index contributed by atoms with van der Waals surface area (Å²) in [6, 6.07) is 0. The molecule has 0 saturated carbocycles. The second-order valence-corrected chi connectivity index (χ2v) is 8.40. The van der Waals surface area contributed by atoms with Crippen LogP contribution in [0.25, 0.3) is 0 Å². The van der Waals surface area contributed by atoms with E-state index in [1.54, 1.807) is 0 Å². The molecule has 0 radical (unpaired) electrons. The van der Waals surface area contributed by atoms with Gasteiger partial charge in [-0.3, -0.25) is 14.4 Å². The number of allylic oxidation sites excluding steroid dienone is 1. The Morgan fingerprint density at radius 3 is 2.59 bits per heavy atom. The largest absolute Gasteiger partial charge is 0.381 e. The first-order chi connectivity index (χ1) is 14.0. The number of aryl methyl sites for hydroxylation is 1. The minimum atomic E-state index is 0.103. The zero-order chi connectivity index (χ0) is 20.7. The number of ether oxygens (including phenoxy) is 2. The van der Waals surface area contributed by atoms with Crippen LogP contribution in [0, 0.1) is 19.3 Å². The molecule has 3 rings (SSSR count). The summed E-state index contributed by atoms with van der Waals surface area (Å²) in [4.78, 5) is 15.1. The van der Waals surface area contributed by atoms with Crippen LogP contribution in [0.4, 0.5) is 0 Å². The molecule has 3 heterocycles. The topological polar surface area (TPSA) is 68.6 Å². The molecule has 0 aromatic carbocycles. The molecule has 2 aliphatic heterocycles. The molecule has 0 aliphatic carbocycles. The van der Waals surface area contributed by atoms with Gasteiger partial charge in [-0.1, -0.05) is 6.08 Å². The summed E-state index contributed by atoms with van der Waals surface area (Å²) in [6.07, 6.45) is 5.05. The van der Waals surface area contributed by atoms with Crippen LogP contribution in [-0.2, 0) is 27.2 Å². The van der Waals surface area contributed by atoms with E-state index in [0.717, 1.165) is 83.3 Å². The van der Waals surface area contributed by atoms with E-state index in [9.17, 15) is 4.79 Å². The lowest BCUT2D eigenvalue weighted by Gasteiger charge is -2.42. The zero-order valence-corrected chi connectivity index (χ0v) is 18.0. The fourth-order valence-corrected chi connectivity index (χ4v) is 4.44. The van der Waals surface area contributed by atoms with Gasteiger partial charge in [-0.05, 0) is 38.7 Å². The average molecular weight is 405 g/mol. The van der Waals surface area contributed by atoms with E-state index < -0.39 is 0 Å². The Morgan fingerprint density at radius 2 is 1.90 bits per heavy atom. The first-order valence-electron chi connectivity index (χ1n) is 10.8. The molecule has 1 aromatic heterocycles. The normalized spacial score (nSPS) is 19.8. The Balaban J connectivity index is 1.53. The number of carbonyl (C=O) groups is 1. The van der Waals surface area contributed by atoms with E-state index in [4.69, 9.17) is 9.47 Å². The van der Waals surface area contributed by atoms with Gasteiger partial charge in [-0.15, -0.1) is 6.58 Å². The van der Waals surface area contributed by atoms with Gasteiger partial charge in [0.15, 0.2) is 0 Å². The number of aromatic nitrogens is 2. The molecule has 0 spiro atoms. The molecule has 2 fully saturated rings. The van der Waals surface area contributed by atoms with E-state index >= 15 is 0 Å². The van der Waals surface area contributed by atoms with Gasteiger partial charge in [0.05, 0.1) is 25.5 Å². The predicted octanol–water partition coefficient (Wildman–Crippen LogP) is 1.86. The van der Waals surface area contributed by atoms with Crippen LogP contribution in [0.15, 0.2) is 12.7 Å². The third-order valence-corrected chi connectivity index (χ3v) is 6.31. The van der Waals surface area contributed by atoms with Crippen molar-refractivity contribution in [3.05, 3.63) is 29.6 Å². The monoisotopic (exact) mass is 404 g/mol. The highest BCUT2D eigenvalue weighted by atomic mass is 16.5. The van der Waals surface area contributed by atoms with Crippen molar-refractivity contribution in [1.82, 2.24) is 20.0 Å². The number of hydrogen-bond donors (Lipinski definition) is 1. The summed E-state index contributed by atoms with van der Waals surface area (Å²) >= 11 is 0. The number of amides is 1. The van der Waals surface area contributed by atoms with Gasteiger partial charge in [0, 0.05) is 56.9 Å². The summed E-state index contributed by atoms with van der Waals surface area (Å²) in [5.41, 5.74) is 3.41. The molecule has 7 heteroatoms. The summed E-state index contributed by atoms with van der Waals surface area (Å²) in [7, 11) is 0. The maximum Gasteiger partial charge on any atom is 0.220 e. The van der Waals surface area contributed by atoms with Crippen LogP contribution in [-0.4, -0.2) is 73.2 Å². The third kappa shape index (κ3) is 5.90. The molecule has 29 heavy (non-hydrogen) atoms. The second kappa shape index (κ2) is 10.4. The first-order valence-corrected chi connectivity index (χ1v) is 10.8. The summed E-state index contributed by atoms with van der Waals surface area (Å²) in [6.45, 7) is 15.4. The molecule has 0 bridgehead atoms. The number of rotatable bonds is 9. The molecule has 2 aliphatic rings. The maximum atomic E-state index is 12.6. The van der Waals surface area contributed by atoms with Gasteiger partial charge in [0.1, 0.15) is 0 Å². The van der Waals surface area contributed by atoms with Gasteiger partial charge in [0.25, 0.3) is 0 Å². The van der Waals surface area contributed by atoms with Crippen LogP contribution < -0.4 is 5.32 Å². The zero-order valence-electron chi connectivity index (χ0n) is 18.0. The van der Waals surface area contributed by atoms with Crippen molar-refractivity contribution in [2.75, 3.05) is 52.6 Å². The Morgan fingerprint density at radius 1 is 1.21 bits per heavy atom. The first kappa shape index (κ1) is 22.0. The van der Waals surface area contributed by atoms with Crippen molar-refractivity contribution in [2.45, 2.75) is 46.1 Å². The van der Waals surface area contributed by atoms with Crippen molar-refractivity contribution in [2.24, 2.45) is 5.41 Å². The highest BCUT2D eigenvalue weighted by molar-refractivity contribution is 5.76. The lowest BCUT2D eigenvalue weighted by atomic mass is 9.79. The summed E-state index contributed by atoms with van der Waals surface area (Å²) in [5, 5.41) is 7.79. The Hall–Kier alpha value is -1.70. The molecule has 1 amide bonds. The van der Waals surface area contributed by atoms with Crippen molar-refractivity contribution >= 4 is 5.91 Å². The number of carbonyl (C=O) groups excluding carboxylic acids is 1. The molecular formula is C22H36N4O3. The number of nitrogens with one attached hydrogen (secondary N) is 1. The van der Waals surface area contributed by atoms with Gasteiger partial charge in [-0.25, -0.2) is 0 Å². The lowest BCUT2D eigenvalue weighted by molar-refractivity contribution is -0.122. The van der Waals surface area contributed by atoms with Crippen LogP contribution in [0.5, 0.6) is 0 Å². The van der Waals surface area contributed by atoms with Crippen LogP contribution in [0.2, 0.25) is 0 Å². The average Bonchev–Trinajstić information content (AvgIpc) is 2.99. The second-order valence-electron chi connectivity index (χ2n) is 8.40. The van der Waals surface area contributed by atoms with E-state index in [0.29, 0.717) is 13.0 Å². The quantitative estimate of drug-likeness (QED) is 0.637. The number of morpholine rings is 1. The molecule has 7 nitrogen and oxygen atoms in total. The third-order valence-electron chi connectivity index (χ3n) is 6.31. The maximum absolute atomic E-state index is 12.6. The molecule has 162 valence electrons. The highest BCUT2D eigenvalue weighted by Crippen LogP contribution is 2.31. The highest BCUT2D eigenvalue weighted by Gasteiger charge is 2.35. The summed E-state index contributed by atoms with van der Waals surface area (Å²) < 4.78 is 13.0. The predicted molar refractivity (Wildman–Crippen MR) is 113 cm³/mol. The molecule has 1 aromatic rings. The van der Waals surface area contributed by atoms with Gasteiger partial charge in [-0.2, -0.15) is 5.10 Å². The van der Waals surface area contributed by atoms with E-state index in [2.05, 4.69) is 28.8 Å². The molecule has 1 N–H and O–H groups in total. The van der Waals surface area contributed by atoms with E-state index in [1.165, 1.54) is 5.56 Å². The molecule has 0 atom stereocenters. The molecular weight excluding hydrogens is 368 g/mol.